The molecule has 0 unspecified atom stereocenters. The minimum absolute atomic E-state index is 0.342. The maximum Gasteiger partial charge on any atom is 0.126 e. The molecule has 0 amide bonds. The Morgan fingerprint density at radius 1 is 1.09 bits per heavy atom. The van der Waals surface area contributed by atoms with Crippen LogP contribution in [0.1, 0.15) is 5.56 Å². The van der Waals surface area contributed by atoms with Gasteiger partial charge in [0.2, 0.25) is 0 Å². The summed E-state index contributed by atoms with van der Waals surface area (Å²) >= 11 is 15.6. The van der Waals surface area contributed by atoms with Gasteiger partial charge in [0, 0.05) is 21.3 Å². The zero-order valence-corrected chi connectivity index (χ0v) is 14.8. The smallest absolute Gasteiger partial charge is 0.126 e. The van der Waals surface area contributed by atoms with Crippen molar-refractivity contribution in [2.75, 3.05) is 5.73 Å². The molecule has 0 aliphatic heterocycles. The van der Waals surface area contributed by atoms with Crippen LogP contribution in [-0.2, 0) is 0 Å². The van der Waals surface area contributed by atoms with Crippen molar-refractivity contribution in [1.82, 2.24) is 4.57 Å². The molecule has 0 spiro atoms. The first kappa shape index (κ1) is 15.9. The van der Waals surface area contributed by atoms with E-state index in [4.69, 9.17) is 28.9 Å². The molecule has 0 saturated carbocycles. The van der Waals surface area contributed by atoms with Crippen molar-refractivity contribution in [1.29, 1.82) is 5.26 Å². The van der Waals surface area contributed by atoms with E-state index in [1.165, 1.54) is 0 Å². The van der Waals surface area contributed by atoms with Crippen LogP contribution in [0.2, 0.25) is 10.0 Å². The van der Waals surface area contributed by atoms with E-state index in [2.05, 4.69) is 22.0 Å². The highest BCUT2D eigenvalue weighted by Gasteiger charge is 2.17. The molecule has 0 atom stereocenters. The summed E-state index contributed by atoms with van der Waals surface area (Å²) in [6, 6.07) is 15.0. The highest BCUT2D eigenvalue weighted by Crippen LogP contribution is 2.34. The lowest BCUT2D eigenvalue weighted by atomic mass is 10.1. The molecular formula is C17H10BrCl2N3. The van der Waals surface area contributed by atoms with E-state index >= 15 is 0 Å². The van der Waals surface area contributed by atoms with Crippen molar-refractivity contribution in [2.24, 2.45) is 0 Å². The first-order valence-electron chi connectivity index (χ1n) is 6.63. The summed E-state index contributed by atoms with van der Waals surface area (Å²) in [5.41, 5.74) is 8.91. The van der Waals surface area contributed by atoms with Crippen LogP contribution in [0.4, 0.5) is 5.82 Å². The summed E-state index contributed by atoms with van der Waals surface area (Å²) < 4.78 is 2.67. The highest BCUT2D eigenvalue weighted by atomic mass is 79.9. The summed E-state index contributed by atoms with van der Waals surface area (Å²) in [5, 5.41) is 10.5. The molecule has 3 aromatic rings. The van der Waals surface area contributed by atoms with Crippen LogP contribution in [-0.4, -0.2) is 4.57 Å². The van der Waals surface area contributed by atoms with Gasteiger partial charge in [-0.3, -0.25) is 0 Å². The number of benzene rings is 2. The Kier molecular flexibility index (Phi) is 4.36. The van der Waals surface area contributed by atoms with E-state index in [0.29, 0.717) is 27.1 Å². The predicted molar refractivity (Wildman–Crippen MR) is 98.1 cm³/mol. The van der Waals surface area contributed by atoms with Crippen LogP contribution in [0, 0.1) is 11.3 Å². The molecule has 0 saturated heterocycles. The minimum atomic E-state index is 0.342. The molecule has 23 heavy (non-hydrogen) atoms. The zero-order valence-electron chi connectivity index (χ0n) is 11.7. The Morgan fingerprint density at radius 3 is 2.39 bits per heavy atom. The third kappa shape index (κ3) is 2.96. The number of halogens is 3. The normalized spacial score (nSPS) is 10.5. The van der Waals surface area contributed by atoms with Crippen LogP contribution >= 0.6 is 39.1 Å². The minimum Gasteiger partial charge on any atom is -0.384 e. The summed E-state index contributed by atoms with van der Waals surface area (Å²) in [5.74, 6) is 0.342. The van der Waals surface area contributed by atoms with Crippen LogP contribution < -0.4 is 5.73 Å². The summed E-state index contributed by atoms with van der Waals surface area (Å²) in [7, 11) is 0. The second-order valence-corrected chi connectivity index (χ2v) is 6.65. The number of nitriles is 1. The van der Waals surface area contributed by atoms with Crippen LogP contribution in [0.3, 0.4) is 0 Å². The average Bonchev–Trinajstić information content (AvgIpc) is 2.85. The fourth-order valence-electron chi connectivity index (χ4n) is 2.36. The Labute approximate surface area is 152 Å². The number of nitrogens with two attached hydrogens (primary N) is 1. The lowest BCUT2D eigenvalue weighted by molar-refractivity contribution is 1.09. The van der Waals surface area contributed by atoms with Crippen molar-refractivity contribution in [3.63, 3.8) is 0 Å². The van der Waals surface area contributed by atoms with Crippen LogP contribution in [0.5, 0.6) is 0 Å². The van der Waals surface area contributed by atoms with Gasteiger partial charge >= 0.3 is 0 Å². The Morgan fingerprint density at radius 2 is 1.78 bits per heavy atom. The van der Waals surface area contributed by atoms with Gasteiger partial charge < -0.3 is 10.3 Å². The van der Waals surface area contributed by atoms with Gasteiger partial charge in [0.15, 0.2) is 0 Å². The number of nitrogen functional groups attached to an aromatic ring is 1. The van der Waals surface area contributed by atoms with Crippen molar-refractivity contribution in [3.05, 3.63) is 68.7 Å². The number of rotatable bonds is 2. The topological polar surface area (TPSA) is 54.7 Å². The standard InChI is InChI=1S/C17H10BrCl2N3/c18-11-3-1-10(2-4-11)14-9-23(17(22)13(14)8-21)16-6-5-12(19)7-15(16)20/h1-7,9H,22H2. The molecule has 0 radical (unpaired) electrons. The molecule has 3 rings (SSSR count). The van der Waals surface area contributed by atoms with Crippen molar-refractivity contribution in [2.45, 2.75) is 0 Å². The predicted octanol–water partition coefficient (Wildman–Crippen LogP) is 5.67. The van der Waals surface area contributed by atoms with Crippen molar-refractivity contribution >= 4 is 44.9 Å². The van der Waals surface area contributed by atoms with Gasteiger partial charge in [-0.05, 0) is 35.9 Å². The average molecular weight is 407 g/mol. The quantitative estimate of drug-likeness (QED) is 0.596. The molecule has 1 aromatic heterocycles. The molecule has 3 nitrogen and oxygen atoms in total. The lowest BCUT2D eigenvalue weighted by Gasteiger charge is -2.08. The van der Waals surface area contributed by atoms with E-state index < -0.39 is 0 Å². The zero-order chi connectivity index (χ0) is 16.6. The Balaban J connectivity index is 2.21. The highest BCUT2D eigenvalue weighted by molar-refractivity contribution is 9.10. The van der Waals surface area contributed by atoms with Gasteiger partial charge in [0.1, 0.15) is 17.5 Å². The van der Waals surface area contributed by atoms with Gasteiger partial charge in [-0.25, -0.2) is 0 Å². The molecule has 1 heterocycles. The molecule has 114 valence electrons. The molecule has 0 aliphatic carbocycles. The summed E-state index contributed by atoms with van der Waals surface area (Å²) in [4.78, 5) is 0. The maximum atomic E-state index is 9.48. The molecule has 0 aliphatic rings. The molecule has 2 aromatic carbocycles. The summed E-state index contributed by atoms with van der Waals surface area (Å²) in [6.45, 7) is 0. The van der Waals surface area contributed by atoms with E-state index in [-0.39, 0.29) is 0 Å². The SMILES string of the molecule is N#Cc1c(-c2ccc(Br)cc2)cn(-c2ccc(Cl)cc2Cl)c1N. The number of anilines is 1. The number of aromatic nitrogens is 1. The molecule has 0 bridgehead atoms. The Bertz CT molecular complexity index is 924. The summed E-state index contributed by atoms with van der Waals surface area (Å²) in [6.07, 6.45) is 1.81. The van der Waals surface area contributed by atoms with E-state index in [9.17, 15) is 5.26 Å². The van der Waals surface area contributed by atoms with Crippen molar-refractivity contribution < 1.29 is 0 Å². The number of nitrogens with zero attached hydrogens (tertiary/aromatic N) is 2. The monoisotopic (exact) mass is 405 g/mol. The number of hydrogen-bond donors (Lipinski definition) is 1. The maximum absolute atomic E-state index is 9.48. The fraction of sp³-hybridized carbons (Fsp3) is 0. The van der Waals surface area contributed by atoms with E-state index in [0.717, 1.165) is 15.6 Å². The Hall–Kier alpha value is -1.93. The van der Waals surface area contributed by atoms with Gasteiger partial charge in [-0.2, -0.15) is 5.26 Å². The fourth-order valence-corrected chi connectivity index (χ4v) is 3.13. The molecule has 6 heteroatoms. The third-order valence-electron chi connectivity index (χ3n) is 3.48. The lowest BCUT2D eigenvalue weighted by Crippen LogP contribution is -2.00. The number of hydrogen-bond acceptors (Lipinski definition) is 2. The second kappa shape index (κ2) is 6.29. The van der Waals surface area contributed by atoms with E-state index in [1.807, 2.05) is 30.5 Å². The first-order valence-corrected chi connectivity index (χ1v) is 8.18. The van der Waals surface area contributed by atoms with Gasteiger partial charge in [0.05, 0.1) is 10.7 Å². The van der Waals surface area contributed by atoms with Crippen LogP contribution in [0.25, 0.3) is 16.8 Å². The van der Waals surface area contributed by atoms with Gasteiger partial charge in [0.25, 0.3) is 0 Å². The van der Waals surface area contributed by atoms with Crippen molar-refractivity contribution in [3.8, 4) is 22.9 Å². The van der Waals surface area contributed by atoms with Gasteiger partial charge in [-0.15, -0.1) is 0 Å². The van der Waals surface area contributed by atoms with Gasteiger partial charge in [-0.1, -0.05) is 51.3 Å². The second-order valence-electron chi connectivity index (χ2n) is 4.89. The van der Waals surface area contributed by atoms with E-state index in [1.54, 1.807) is 22.8 Å². The third-order valence-corrected chi connectivity index (χ3v) is 4.55. The molecular weight excluding hydrogens is 397 g/mol. The molecule has 2 N–H and O–H groups in total. The largest absolute Gasteiger partial charge is 0.384 e. The first-order chi connectivity index (χ1) is 11.0. The molecule has 0 fully saturated rings. The van der Waals surface area contributed by atoms with Crippen LogP contribution in [0.15, 0.2) is 53.1 Å².